The zero-order valence-corrected chi connectivity index (χ0v) is 32.2. The Balaban J connectivity index is 1.50. The lowest BCUT2D eigenvalue weighted by molar-refractivity contribution is -0.138. The molecule has 18 nitrogen and oxygen atoms in total. The standard InChI is InChI=1S/C38H59N7O11/c1-43(37(53)45-15-17-55-18-16-45)13-14-44(2)38(54)56-31(20-26-11-7-4-8-12-26)36(52)42-29(21-27-22-39-24-40-27)35(51)41-28(19-25-9-5-3-6-10-25)32(48)34(50)33(49)30(47)23-46/h4,7-8,11-12,22,24-25,28-34,46-50H,3,5-6,9-10,13-21,23H2,1-2H3,(H,39,40)(H,41,51)(H,42,52)/t28-,29?,30+,31-,32+,33+,34+/m0/s1. The Kier molecular flexibility index (Phi) is 17.8. The Hall–Kier alpha value is -4.33. The van der Waals surface area contributed by atoms with E-state index in [4.69, 9.17) is 9.47 Å². The van der Waals surface area contributed by atoms with Crippen LogP contribution in [0.2, 0.25) is 0 Å². The van der Waals surface area contributed by atoms with Crippen molar-refractivity contribution in [3.63, 3.8) is 0 Å². The van der Waals surface area contributed by atoms with E-state index in [0.717, 1.165) is 32.1 Å². The van der Waals surface area contributed by atoms with Crippen LogP contribution >= 0.6 is 0 Å². The molecular weight excluding hydrogens is 730 g/mol. The van der Waals surface area contributed by atoms with Gasteiger partial charge in [-0.1, -0.05) is 62.4 Å². The molecule has 1 saturated carbocycles. The molecule has 2 aromatic rings. The third kappa shape index (κ3) is 13.4. The van der Waals surface area contributed by atoms with E-state index in [2.05, 4.69) is 20.6 Å². The second-order valence-corrected chi connectivity index (χ2v) is 14.7. The number of rotatable bonds is 19. The van der Waals surface area contributed by atoms with Crippen LogP contribution in [-0.2, 0) is 31.9 Å². The fraction of sp³-hybridized carbons (Fsp3) is 0.658. The highest BCUT2D eigenvalue weighted by atomic mass is 16.6. The molecule has 1 saturated heterocycles. The van der Waals surface area contributed by atoms with Gasteiger partial charge in [0.15, 0.2) is 6.10 Å². The first kappa shape index (κ1) is 44.4. The zero-order chi connectivity index (χ0) is 40.6. The maximum atomic E-state index is 14.1. The lowest BCUT2D eigenvalue weighted by atomic mass is 9.82. The summed E-state index contributed by atoms with van der Waals surface area (Å²) in [4.78, 5) is 65.8. The highest BCUT2D eigenvalue weighted by molar-refractivity contribution is 5.90. The predicted octanol–water partition coefficient (Wildman–Crippen LogP) is -0.608. The van der Waals surface area contributed by atoms with Gasteiger partial charge < -0.3 is 65.3 Å². The average Bonchev–Trinajstić information content (AvgIpc) is 3.74. The van der Waals surface area contributed by atoms with Crippen LogP contribution < -0.4 is 10.6 Å². The van der Waals surface area contributed by atoms with Crippen molar-refractivity contribution < 1.29 is 54.2 Å². The zero-order valence-electron chi connectivity index (χ0n) is 32.2. The number of hydrogen-bond acceptors (Lipinski definition) is 12. The first-order valence-corrected chi connectivity index (χ1v) is 19.3. The SMILES string of the molecule is CN(CCN(C)C(=O)N1CCOCC1)C(=O)O[C@@H](Cc1ccccc1)C(=O)NC(Cc1cnc[nH]1)C(=O)N[C@@H](CC1CCCCC1)[C@@H](O)[C@@H](O)[C@H](O)[C@H](O)CO. The van der Waals surface area contributed by atoms with E-state index in [9.17, 15) is 44.7 Å². The monoisotopic (exact) mass is 789 g/mol. The smallest absolute Gasteiger partial charge is 0.410 e. The number of carbonyl (C=O) groups excluding carboxylic acids is 4. The molecule has 2 aliphatic rings. The number of amides is 5. The van der Waals surface area contributed by atoms with E-state index in [-0.39, 0.29) is 44.3 Å². The predicted molar refractivity (Wildman–Crippen MR) is 202 cm³/mol. The molecule has 18 heteroatoms. The fourth-order valence-electron chi connectivity index (χ4n) is 6.93. The number of nitrogens with zero attached hydrogens (tertiary/aromatic N) is 4. The van der Waals surface area contributed by atoms with Crippen LogP contribution in [0.4, 0.5) is 9.59 Å². The van der Waals surface area contributed by atoms with E-state index >= 15 is 0 Å². The molecule has 1 aromatic heterocycles. The molecule has 1 unspecified atom stereocenters. The molecule has 0 spiro atoms. The number of carbonyl (C=O) groups is 4. The molecule has 7 atom stereocenters. The maximum absolute atomic E-state index is 14.1. The van der Waals surface area contributed by atoms with E-state index in [0.29, 0.717) is 37.6 Å². The number of aliphatic hydroxyl groups is 5. The van der Waals surface area contributed by atoms with Gasteiger partial charge in [-0.05, 0) is 17.9 Å². The maximum Gasteiger partial charge on any atom is 0.410 e. The number of nitrogens with one attached hydrogen (secondary N) is 3. The Morgan fingerprint density at radius 1 is 0.911 bits per heavy atom. The lowest BCUT2D eigenvalue weighted by Gasteiger charge is -2.35. The van der Waals surface area contributed by atoms with Crippen molar-refractivity contribution in [1.82, 2.24) is 35.3 Å². The minimum Gasteiger partial charge on any atom is -0.436 e. The summed E-state index contributed by atoms with van der Waals surface area (Å²) in [6, 6.07) is 6.29. The minimum absolute atomic E-state index is 0.0274. The Morgan fingerprint density at radius 3 is 2.23 bits per heavy atom. The van der Waals surface area contributed by atoms with Crippen molar-refractivity contribution >= 4 is 23.9 Å². The Labute approximate surface area is 327 Å². The van der Waals surface area contributed by atoms with Crippen molar-refractivity contribution in [2.45, 2.75) is 94.0 Å². The number of aliphatic hydroxyl groups excluding tert-OH is 5. The molecule has 2 heterocycles. The summed E-state index contributed by atoms with van der Waals surface area (Å²) in [5.74, 6) is -1.42. The third-order valence-electron chi connectivity index (χ3n) is 10.4. The van der Waals surface area contributed by atoms with Crippen LogP contribution in [0.5, 0.6) is 0 Å². The van der Waals surface area contributed by atoms with Crippen LogP contribution in [-0.4, -0.2) is 177 Å². The van der Waals surface area contributed by atoms with Gasteiger partial charge in [-0.3, -0.25) is 9.59 Å². The molecule has 0 radical (unpaired) electrons. The first-order chi connectivity index (χ1) is 26.9. The molecule has 0 bridgehead atoms. The van der Waals surface area contributed by atoms with Crippen LogP contribution in [0.3, 0.4) is 0 Å². The summed E-state index contributed by atoms with van der Waals surface area (Å²) in [5.41, 5.74) is 1.17. The molecule has 56 heavy (non-hydrogen) atoms. The number of imidazole rings is 1. The number of urea groups is 1. The second kappa shape index (κ2) is 22.4. The van der Waals surface area contributed by atoms with Gasteiger partial charge in [-0.15, -0.1) is 0 Å². The second-order valence-electron chi connectivity index (χ2n) is 14.7. The number of H-pyrrole nitrogens is 1. The van der Waals surface area contributed by atoms with E-state index < -0.39 is 67.1 Å². The van der Waals surface area contributed by atoms with Gasteiger partial charge >= 0.3 is 12.1 Å². The number of aromatic nitrogens is 2. The van der Waals surface area contributed by atoms with Gasteiger partial charge in [0.05, 0.1) is 32.2 Å². The summed E-state index contributed by atoms with van der Waals surface area (Å²) < 4.78 is 11.1. The molecule has 2 fully saturated rings. The highest BCUT2D eigenvalue weighted by Gasteiger charge is 2.38. The van der Waals surface area contributed by atoms with Gasteiger partial charge in [0, 0.05) is 65.0 Å². The summed E-state index contributed by atoms with van der Waals surface area (Å²) in [5, 5.41) is 57.2. The quantitative estimate of drug-likeness (QED) is 0.0889. The van der Waals surface area contributed by atoms with Crippen LogP contribution in [0.25, 0.3) is 0 Å². The van der Waals surface area contributed by atoms with Crippen molar-refractivity contribution in [2.24, 2.45) is 5.92 Å². The molecular formula is C38H59N7O11. The molecule has 1 aliphatic heterocycles. The van der Waals surface area contributed by atoms with Gasteiger partial charge in [-0.2, -0.15) is 0 Å². The van der Waals surface area contributed by atoms with Crippen LogP contribution in [0, 0.1) is 5.92 Å². The largest absolute Gasteiger partial charge is 0.436 e. The van der Waals surface area contributed by atoms with E-state index in [1.54, 1.807) is 42.3 Å². The summed E-state index contributed by atoms with van der Waals surface area (Å²) >= 11 is 0. The van der Waals surface area contributed by atoms with Gasteiger partial charge in [0.25, 0.3) is 5.91 Å². The number of aromatic amines is 1. The van der Waals surface area contributed by atoms with Crippen LogP contribution in [0.15, 0.2) is 42.9 Å². The summed E-state index contributed by atoms with van der Waals surface area (Å²) in [6.45, 7) is 1.29. The van der Waals surface area contributed by atoms with E-state index in [1.807, 2.05) is 0 Å². The number of ether oxygens (including phenoxy) is 2. The Bertz CT molecular complexity index is 1490. The topological polar surface area (TPSA) is 250 Å². The van der Waals surface area contributed by atoms with Gasteiger partial charge in [0.2, 0.25) is 5.91 Å². The third-order valence-corrected chi connectivity index (χ3v) is 10.4. The van der Waals surface area contributed by atoms with Crippen molar-refractivity contribution in [3.8, 4) is 0 Å². The number of likely N-dealkylation sites (N-methyl/N-ethyl adjacent to an activating group) is 2. The number of morpholine rings is 1. The summed E-state index contributed by atoms with van der Waals surface area (Å²) in [7, 11) is 3.12. The molecule has 8 N–H and O–H groups in total. The lowest BCUT2D eigenvalue weighted by Crippen LogP contribution is -2.59. The number of hydrogen-bond donors (Lipinski definition) is 8. The van der Waals surface area contributed by atoms with Gasteiger partial charge in [0.1, 0.15) is 30.5 Å². The van der Waals surface area contributed by atoms with E-state index in [1.165, 1.54) is 29.4 Å². The average molecular weight is 790 g/mol. The van der Waals surface area contributed by atoms with Gasteiger partial charge in [-0.25, -0.2) is 14.6 Å². The van der Waals surface area contributed by atoms with Crippen molar-refractivity contribution in [3.05, 3.63) is 54.1 Å². The minimum atomic E-state index is -1.92. The molecule has 312 valence electrons. The highest BCUT2D eigenvalue weighted by Crippen LogP contribution is 2.29. The van der Waals surface area contributed by atoms with Crippen LogP contribution in [0.1, 0.15) is 49.8 Å². The molecule has 5 amide bonds. The number of benzene rings is 1. The van der Waals surface area contributed by atoms with Crippen molar-refractivity contribution in [2.75, 3.05) is 60.1 Å². The summed E-state index contributed by atoms with van der Waals surface area (Å²) in [6.07, 6.45) is -1.88. The fourth-order valence-corrected chi connectivity index (χ4v) is 6.93. The first-order valence-electron chi connectivity index (χ1n) is 19.3. The Morgan fingerprint density at radius 2 is 1.59 bits per heavy atom. The van der Waals surface area contributed by atoms with Crippen molar-refractivity contribution in [1.29, 1.82) is 0 Å². The molecule has 4 rings (SSSR count). The molecule has 1 aliphatic carbocycles. The normalized spacial score (nSPS) is 18.7. The molecule has 1 aromatic carbocycles.